The van der Waals surface area contributed by atoms with Crippen LogP contribution in [0.25, 0.3) is 0 Å². The van der Waals surface area contributed by atoms with Gasteiger partial charge in [0.1, 0.15) is 0 Å². The second-order valence-corrected chi connectivity index (χ2v) is 8.61. The van der Waals surface area contributed by atoms with E-state index >= 15 is 0 Å². The molecule has 1 amide bonds. The lowest BCUT2D eigenvalue weighted by Gasteiger charge is -2.26. The highest BCUT2D eigenvalue weighted by Crippen LogP contribution is 2.31. The summed E-state index contributed by atoms with van der Waals surface area (Å²) in [7, 11) is -3.63. The van der Waals surface area contributed by atoms with Crippen molar-refractivity contribution in [2.75, 3.05) is 32.8 Å². The average molecular weight is 404 g/mol. The van der Waals surface area contributed by atoms with Crippen molar-refractivity contribution in [3.63, 3.8) is 0 Å². The zero-order chi connectivity index (χ0) is 18.0. The highest BCUT2D eigenvalue weighted by molar-refractivity contribution is 7.89. The number of hydrogen-bond acceptors (Lipinski definition) is 5. The van der Waals surface area contributed by atoms with Crippen LogP contribution in [-0.4, -0.2) is 57.5 Å². The summed E-state index contributed by atoms with van der Waals surface area (Å²) in [5, 5.41) is 2.81. The number of carbonyl (C=O) groups is 1. The highest BCUT2D eigenvalue weighted by Gasteiger charge is 2.30. The normalized spacial score (nSPS) is 19.5. The monoisotopic (exact) mass is 403 g/mol. The van der Waals surface area contributed by atoms with E-state index in [-0.39, 0.29) is 29.3 Å². The van der Waals surface area contributed by atoms with Gasteiger partial charge >= 0.3 is 0 Å². The standard InChI is InChI=1S/C17H25N3O4S.ClH/c1-12-2-3-14(17(21)19-11-15(18)13-4-5-13)10-16(12)25(22,23)20-6-8-24-9-7-20;/h2-3,10,13,15H,4-9,11,18H2,1H3,(H,19,21);1H. The summed E-state index contributed by atoms with van der Waals surface area (Å²) in [6, 6.07) is 4.73. The largest absolute Gasteiger partial charge is 0.379 e. The van der Waals surface area contributed by atoms with Crippen molar-refractivity contribution in [2.24, 2.45) is 11.7 Å². The van der Waals surface area contributed by atoms with E-state index in [4.69, 9.17) is 10.5 Å². The molecule has 9 heteroatoms. The van der Waals surface area contributed by atoms with Gasteiger partial charge in [-0.05, 0) is 43.4 Å². The van der Waals surface area contributed by atoms with E-state index in [2.05, 4.69) is 5.32 Å². The van der Waals surface area contributed by atoms with Gasteiger partial charge in [0.2, 0.25) is 10.0 Å². The molecule has 0 aromatic heterocycles. The summed E-state index contributed by atoms with van der Waals surface area (Å²) in [5.41, 5.74) is 6.95. The zero-order valence-electron chi connectivity index (χ0n) is 14.8. The predicted molar refractivity (Wildman–Crippen MR) is 101 cm³/mol. The zero-order valence-corrected chi connectivity index (χ0v) is 16.4. The van der Waals surface area contributed by atoms with Crippen molar-refractivity contribution in [1.82, 2.24) is 9.62 Å². The Kier molecular flexibility index (Phi) is 7.04. The molecule has 1 heterocycles. The van der Waals surface area contributed by atoms with Gasteiger partial charge in [0.25, 0.3) is 5.91 Å². The summed E-state index contributed by atoms with van der Waals surface area (Å²) < 4.78 is 32.4. The van der Waals surface area contributed by atoms with Gasteiger partial charge in [-0.1, -0.05) is 6.07 Å². The predicted octanol–water partition coefficient (Wildman–Crippen LogP) is 0.905. The Morgan fingerprint density at radius 2 is 2.00 bits per heavy atom. The SMILES string of the molecule is Cc1ccc(C(=O)NCC(N)C2CC2)cc1S(=O)(=O)N1CCOCC1.Cl. The number of nitrogens with one attached hydrogen (secondary N) is 1. The maximum atomic E-state index is 12.9. The molecule has 1 saturated heterocycles. The van der Waals surface area contributed by atoms with Crippen LogP contribution < -0.4 is 11.1 Å². The Labute approximate surface area is 160 Å². The van der Waals surface area contributed by atoms with E-state index in [1.54, 1.807) is 19.1 Å². The summed E-state index contributed by atoms with van der Waals surface area (Å²) in [6.45, 7) is 3.57. The number of carbonyl (C=O) groups excluding carboxylic acids is 1. The lowest BCUT2D eigenvalue weighted by atomic mass is 10.1. The minimum absolute atomic E-state index is 0. The molecule has 1 aromatic rings. The fourth-order valence-corrected chi connectivity index (χ4v) is 4.61. The number of hydrogen-bond donors (Lipinski definition) is 2. The van der Waals surface area contributed by atoms with E-state index in [1.165, 1.54) is 10.4 Å². The van der Waals surface area contributed by atoms with Crippen LogP contribution >= 0.6 is 12.4 Å². The molecule has 1 aromatic carbocycles. The molecule has 0 spiro atoms. The Morgan fingerprint density at radius 3 is 2.62 bits per heavy atom. The van der Waals surface area contributed by atoms with E-state index in [0.717, 1.165) is 12.8 Å². The molecule has 1 aliphatic carbocycles. The Bertz CT molecular complexity index is 746. The van der Waals surface area contributed by atoms with Crippen molar-refractivity contribution >= 4 is 28.3 Å². The van der Waals surface area contributed by atoms with Gasteiger partial charge in [-0.25, -0.2) is 8.42 Å². The fraction of sp³-hybridized carbons (Fsp3) is 0.588. The van der Waals surface area contributed by atoms with Crippen molar-refractivity contribution in [1.29, 1.82) is 0 Å². The molecule has 26 heavy (non-hydrogen) atoms. The highest BCUT2D eigenvalue weighted by atomic mass is 35.5. The number of aryl methyl sites for hydroxylation is 1. The van der Waals surface area contributed by atoms with Gasteiger partial charge in [0.05, 0.1) is 18.1 Å². The van der Waals surface area contributed by atoms with Gasteiger partial charge in [-0.15, -0.1) is 12.4 Å². The fourth-order valence-electron chi connectivity index (χ4n) is 2.95. The number of nitrogens with two attached hydrogens (primary N) is 1. The van der Waals surface area contributed by atoms with E-state index in [9.17, 15) is 13.2 Å². The summed E-state index contributed by atoms with van der Waals surface area (Å²) in [6.07, 6.45) is 2.23. The molecule has 3 N–H and O–H groups in total. The minimum atomic E-state index is -3.63. The Morgan fingerprint density at radius 1 is 1.35 bits per heavy atom. The number of rotatable bonds is 6. The molecule has 1 saturated carbocycles. The molecule has 1 atom stereocenters. The lowest BCUT2D eigenvalue weighted by molar-refractivity contribution is 0.0730. The Hall–Kier alpha value is -1.19. The second kappa shape index (κ2) is 8.67. The van der Waals surface area contributed by atoms with E-state index < -0.39 is 10.0 Å². The number of morpholine rings is 1. The molecule has 2 aliphatic rings. The number of nitrogens with zero attached hydrogens (tertiary/aromatic N) is 1. The van der Waals surface area contributed by atoms with Crippen molar-refractivity contribution in [3.8, 4) is 0 Å². The number of ether oxygens (including phenoxy) is 1. The first-order valence-corrected chi connectivity index (χ1v) is 10.1. The van der Waals surface area contributed by atoms with Crippen molar-refractivity contribution < 1.29 is 17.9 Å². The van der Waals surface area contributed by atoms with Gasteiger partial charge in [0.15, 0.2) is 0 Å². The number of benzene rings is 1. The van der Waals surface area contributed by atoms with Crippen LogP contribution in [0.3, 0.4) is 0 Å². The van der Waals surface area contributed by atoms with Crippen LogP contribution in [0.15, 0.2) is 23.1 Å². The summed E-state index contributed by atoms with van der Waals surface area (Å²) in [4.78, 5) is 12.5. The van der Waals surface area contributed by atoms with E-state index in [0.29, 0.717) is 49.9 Å². The van der Waals surface area contributed by atoms with Crippen molar-refractivity contribution in [3.05, 3.63) is 29.3 Å². The molecule has 1 aliphatic heterocycles. The molecule has 3 rings (SSSR count). The molecular weight excluding hydrogens is 378 g/mol. The van der Waals surface area contributed by atoms with Crippen LogP contribution in [0.4, 0.5) is 0 Å². The third kappa shape index (κ3) is 4.75. The lowest BCUT2D eigenvalue weighted by Crippen LogP contribution is -2.41. The molecule has 0 bridgehead atoms. The second-order valence-electron chi connectivity index (χ2n) is 6.71. The molecule has 2 fully saturated rings. The van der Waals surface area contributed by atoms with Crippen LogP contribution in [-0.2, 0) is 14.8 Å². The van der Waals surface area contributed by atoms with Crippen LogP contribution in [0, 0.1) is 12.8 Å². The third-order valence-corrected chi connectivity index (χ3v) is 6.80. The molecule has 1 unspecified atom stereocenters. The first-order chi connectivity index (χ1) is 11.9. The van der Waals surface area contributed by atoms with Gasteiger partial charge in [0, 0.05) is 31.2 Å². The summed E-state index contributed by atoms with van der Waals surface area (Å²) >= 11 is 0. The first kappa shape index (κ1) is 21.1. The number of amides is 1. The maximum Gasteiger partial charge on any atom is 0.251 e. The topological polar surface area (TPSA) is 102 Å². The van der Waals surface area contributed by atoms with Crippen LogP contribution in [0.5, 0.6) is 0 Å². The first-order valence-electron chi connectivity index (χ1n) is 8.62. The van der Waals surface area contributed by atoms with Crippen LogP contribution in [0.2, 0.25) is 0 Å². The van der Waals surface area contributed by atoms with Gasteiger partial charge < -0.3 is 15.8 Å². The van der Waals surface area contributed by atoms with Gasteiger partial charge in [-0.2, -0.15) is 4.31 Å². The molecule has 146 valence electrons. The van der Waals surface area contributed by atoms with Crippen LogP contribution in [0.1, 0.15) is 28.8 Å². The molecule has 0 radical (unpaired) electrons. The smallest absolute Gasteiger partial charge is 0.251 e. The minimum Gasteiger partial charge on any atom is -0.379 e. The maximum absolute atomic E-state index is 12.9. The van der Waals surface area contributed by atoms with Crippen molar-refractivity contribution in [2.45, 2.75) is 30.7 Å². The molecular formula is C17H26ClN3O4S. The quantitative estimate of drug-likeness (QED) is 0.734. The average Bonchev–Trinajstić information content (AvgIpc) is 3.45. The summed E-state index contributed by atoms with van der Waals surface area (Å²) in [5.74, 6) is 0.199. The Balaban J connectivity index is 0.00000243. The number of sulfonamides is 1. The van der Waals surface area contributed by atoms with Gasteiger partial charge in [-0.3, -0.25) is 4.79 Å². The van der Waals surface area contributed by atoms with E-state index in [1.807, 2.05) is 0 Å². The molecule has 7 nitrogen and oxygen atoms in total. The third-order valence-electron chi connectivity index (χ3n) is 4.76. The number of halogens is 1.